The maximum Gasteiger partial charge on any atom is 0.419 e. The van der Waals surface area contributed by atoms with Crippen LogP contribution in [0.5, 0.6) is 17.4 Å². The topological polar surface area (TPSA) is 99.4 Å². The smallest absolute Gasteiger partial charge is 0.419 e. The van der Waals surface area contributed by atoms with E-state index in [9.17, 15) is 18.0 Å². The number of hydrogen-bond acceptors (Lipinski definition) is 6. The molecule has 4 aromatic rings. The Morgan fingerprint density at radius 2 is 1.83 bits per heavy atom. The summed E-state index contributed by atoms with van der Waals surface area (Å²) in [6.45, 7) is 3.00. The van der Waals surface area contributed by atoms with Gasteiger partial charge in [-0.2, -0.15) is 8.78 Å². The minimum Gasteiger partial charge on any atom is -0.438 e. The molecule has 7 nitrogen and oxygen atoms in total. The van der Waals surface area contributed by atoms with Crippen molar-refractivity contribution in [3.8, 4) is 28.5 Å². The van der Waals surface area contributed by atoms with Crippen molar-refractivity contribution >= 4 is 17.4 Å². The number of rotatable bonds is 8. The highest BCUT2D eigenvalue weighted by Gasteiger charge is 2.26. The Morgan fingerprint density at radius 1 is 1.00 bits per heavy atom. The standard InChI is InChI=1S/C26H19F3N4O3/c1-2-26(28,29)36-19-6-3-5-17(14-19)33-24(34)21-15-18(8-9-22(21)27)35-25-20(7-4-11-32-25)16-10-12-31-23(30)13-16/h2-15H,1H2,(H2,30,31)(H,33,34). The predicted octanol–water partition coefficient (Wildman–Crippen LogP) is 6.07. The fourth-order valence-corrected chi connectivity index (χ4v) is 3.20. The minimum absolute atomic E-state index is 0.116. The van der Waals surface area contributed by atoms with Crippen LogP contribution in [0.15, 0.2) is 91.8 Å². The average Bonchev–Trinajstić information content (AvgIpc) is 2.85. The highest BCUT2D eigenvalue weighted by molar-refractivity contribution is 6.04. The van der Waals surface area contributed by atoms with Crippen LogP contribution in [0.25, 0.3) is 11.1 Å². The van der Waals surface area contributed by atoms with Gasteiger partial charge in [0.2, 0.25) is 5.88 Å². The molecule has 0 aliphatic carbocycles. The molecule has 0 unspecified atom stereocenters. The van der Waals surface area contributed by atoms with Crippen molar-refractivity contribution in [3.63, 3.8) is 0 Å². The van der Waals surface area contributed by atoms with Crippen LogP contribution in [-0.4, -0.2) is 22.0 Å². The summed E-state index contributed by atoms with van der Waals surface area (Å²) in [7, 11) is 0. The van der Waals surface area contributed by atoms with Gasteiger partial charge in [-0.05, 0) is 60.2 Å². The van der Waals surface area contributed by atoms with E-state index < -0.39 is 17.8 Å². The molecule has 2 heterocycles. The van der Waals surface area contributed by atoms with Crippen molar-refractivity contribution < 1.29 is 27.4 Å². The van der Waals surface area contributed by atoms with Crippen molar-refractivity contribution in [1.29, 1.82) is 0 Å². The van der Waals surface area contributed by atoms with Gasteiger partial charge in [0.25, 0.3) is 5.91 Å². The van der Waals surface area contributed by atoms with Crippen molar-refractivity contribution in [3.05, 3.63) is 103 Å². The lowest BCUT2D eigenvalue weighted by atomic mass is 10.1. The first kappa shape index (κ1) is 24.3. The zero-order valence-electron chi connectivity index (χ0n) is 18.6. The van der Waals surface area contributed by atoms with Crippen molar-refractivity contribution in [2.75, 3.05) is 11.1 Å². The molecule has 36 heavy (non-hydrogen) atoms. The lowest BCUT2D eigenvalue weighted by Gasteiger charge is -2.15. The normalized spacial score (nSPS) is 11.0. The molecule has 0 radical (unpaired) electrons. The van der Waals surface area contributed by atoms with Gasteiger partial charge in [0.1, 0.15) is 23.1 Å². The van der Waals surface area contributed by atoms with Crippen LogP contribution in [0.3, 0.4) is 0 Å². The van der Waals surface area contributed by atoms with E-state index in [4.69, 9.17) is 10.5 Å². The van der Waals surface area contributed by atoms with E-state index in [1.807, 2.05) is 0 Å². The number of alkyl halides is 2. The number of amides is 1. The number of aromatic nitrogens is 2. The van der Waals surface area contributed by atoms with Crippen molar-refractivity contribution in [1.82, 2.24) is 9.97 Å². The summed E-state index contributed by atoms with van der Waals surface area (Å²) < 4.78 is 51.7. The molecule has 182 valence electrons. The molecule has 0 aliphatic rings. The molecule has 2 aromatic heterocycles. The van der Waals surface area contributed by atoms with Crippen LogP contribution in [0.1, 0.15) is 10.4 Å². The number of ether oxygens (including phenoxy) is 2. The number of nitrogens with one attached hydrogen (secondary N) is 1. The van der Waals surface area contributed by atoms with Gasteiger partial charge in [0.05, 0.1) is 5.56 Å². The number of anilines is 2. The molecule has 0 atom stereocenters. The monoisotopic (exact) mass is 492 g/mol. The second-order valence-electron chi connectivity index (χ2n) is 7.42. The summed E-state index contributed by atoms with van der Waals surface area (Å²) in [4.78, 5) is 21.0. The number of carbonyl (C=O) groups is 1. The van der Waals surface area contributed by atoms with Gasteiger partial charge in [-0.25, -0.2) is 14.4 Å². The van der Waals surface area contributed by atoms with Gasteiger partial charge >= 0.3 is 6.11 Å². The highest BCUT2D eigenvalue weighted by Crippen LogP contribution is 2.32. The van der Waals surface area contributed by atoms with Gasteiger partial charge in [-0.1, -0.05) is 12.6 Å². The number of nitrogen functional groups attached to an aromatic ring is 1. The summed E-state index contributed by atoms with van der Waals surface area (Å²) in [6.07, 6.45) is -0.186. The van der Waals surface area contributed by atoms with Crippen LogP contribution in [0, 0.1) is 5.82 Å². The van der Waals surface area contributed by atoms with E-state index in [1.54, 1.807) is 30.5 Å². The molecule has 0 spiro atoms. The third kappa shape index (κ3) is 5.79. The Bertz CT molecular complexity index is 1430. The molecule has 0 saturated heterocycles. The lowest BCUT2D eigenvalue weighted by molar-refractivity contribution is -0.131. The largest absolute Gasteiger partial charge is 0.438 e. The molecule has 0 aliphatic heterocycles. The number of nitrogens with two attached hydrogens (primary N) is 1. The van der Waals surface area contributed by atoms with Crippen LogP contribution in [0.2, 0.25) is 0 Å². The molecule has 1 amide bonds. The number of carbonyl (C=O) groups excluding carboxylic acids is 1. The van der Waals surface area contributed by atoms with Gasteiger partial charge in [0.15, 0.2) is 0 Å². The van der Waals surface area contributed by atoms with Gasteiger partial charge < -0.3 is 20.5 Å². The number of halogens is 3. The second kappa shape index (κ2) is 10.2. The number of nitrogens with zero attached hydrogens (tertiary/aromatic N) is 2. The van der Waals surface area contributed by atoms with Gasteiger partial charge in [-0.3, -0.25) is 4.79 Å². The molecule has 0 fully saturated rings. The number of pyridine rings is 2. The summed E-state index contributed by atoms with van der Waals surface area (Å²) in [6, 6.07) is 15.8. The summed E-state index contributed by atoms with van der Waals surface area (Å²) in [5.41, 5.74) is 6.86. The Kier molecular flexibility index (Phi) is 6.86. The molecule has 2 aromatic carbocycles. The van der Waals surface area contributed by atoms with E-state index in [0.29, 0.717) is 23.0 Å². The quantitative estimate of drug-likeness (QED) is 0.290. The summed E-state index contributed by atoms with van der Waals surface area (Å²) >= 11 is 0. The second-order valence-corrected chi connectivity index (χ2v) is 7.42. The SMILES string of the molecule is C=CC(F)(F)Oc1cccc(NC(=O)c2cc(Oc3ncccc3-c3ccnc(N)c3)ccc2F)c1. The fraction of sp³-hybridized carbons (Fsp3) is 0.0385. The first-order valence-corrected chi connectivity index (χ1v) is 10.5. The summed E-state index contributed by atoms with van der Waals surface area (Å²) in [5, 5.41) is 2.46. The Hall–Kier alpha value is -4.86. The first-order valence-electron chi connectivity index (χ1n) is 10.5. The maximum absolute atomic E-state index is 14.5. The zero-order chi connectivity index (χ0) is 25.7. The summed E-state index contributed by atoms with van der Waals surface area (Å²) in [5.74, 6) is -1.19. The van der Waals surface area contributed by atoms with E-state index in [-0.39, 0.29) is 28.6 Å². The third-order valence-electron chi connectivity index (χ3n) is 4.84. The minimum atomic E-state index is -3.59. The Labute approximate surface area is 204 Å². The maximum atomic E-state index is 14.5. The highest BCUT2D eigenvalue weighted by atomic mass is 19.3. The van der Waals surface area contributed by atoms with E-state index in [0.717, 1.165) is 6.07 Å². The first-order chi connectivity index (χ1) is 17.2. The Balaban J connectivity index is 1.56. The molecule has 0 bridgehead atoms. The fourth-order valence-electron chi connectivity index (χ4n) is 3.20. The third-order valence-corrected chi connectivity index (χ3v) is 4.84. The number of hydrogen-bond donors (Lipinski definition) is 2. The van der Waals surface area contributed by atoms with Crippen molar-refractivity contribution in [2.45, 2.75) is 6.11 Å². The molecular weight excluding hydrogens is 473 g/mol. The van der Waals surface area contributed by atoms with E-state index >= 15 is 0 Å². The van der Waals surface area contributed by atoms with Gasteiger partial charge in [0, 0.05) is 35.8 Å². The zero-order valence-corrected chi connectivity index (χ0v) is 18.6. The molecular formula is C26H19F3N4O3. The van der Waals surface area contributed by atoms with E-state index in [1.165, 1.54) is 42.6 Å². The van der Waals surface area contributed by atoms with Gasteiger partial charge in [-0.15, -0.1) is 0 Å². The molecule has 10 heteroatoms. The van der Waals surface area contributed by atoms with E-state index in [2.05, 4.69) is 26.6 Å². The van der Waals surface area contributed by atoms with Crippen LogP contribution < -0.4 is 20.5 Å². The molecule has 0 saturated carbocycles. The molecule has 4 rings (SSSR count). The average molecular weight is 492 g/mol. The molecule has 3 N–H and O–H groups in total. The number of benzene rings is 2. The predicted molar refractivity (Wildman–Crippen MR) is 129 cm³/mol. The Morgan fingerprint density at radius 3 is 2.61 bits per heavy atom. The lowest BCUT2D eigenvalue weighted by Crippen LogP contribution is -2.21. The van der Waals surface area contributed by atoms with Crippen molar-refractivity contribution in [2.24, 2.45) is 0 Å². The van der Waals surface area contributed by atoms with Crippen LogP contribution >= 0.6 is 0 Å². The van der Waals surface area contributed by atoms with Crippen LogP contribution in [-0.2, 0) is 0 Å². The van der Waals surface area contributed by atoms with Crippen LogP contribution in [0.4, 0.5) is 24.7 Å².